The van der Waals surface area contributed by atoms with Gasteiger partial charge in [-0.2, -0.15) is 5.26 Å². The Morgan fingerprint density at radius 3 is 2.84 bits per heavy atom. The van der Waals surface area contributed by atoms with Crippen molar-refractivity contribution in [2.24, 2.45) is 11.8 Å². The molecule has 2 aliphatic heterocycles. The smallest absolute Gasteiger partial charge is 0.224 e. The van der Waals surface area contributed by atoms with E-state index < -0.39 is 0 Å². The molecule has 2 saturated heterocycles. The number of likely N-dealkylation sites (tertiary alicyclic amines) is 2. The molecule has 4 heteroatoms. The third kappa shape index (κ3) is 3.70. The van der Waals surface area contributed by atoms with Crippen molar-refractivity contribution >= 4 is 5.91 Å². The Hall–Kier alpha value is -1.08. The number of amides is 1. The number of piperidine rings is 1. The van der Waals surface area contributed by atoms with Gasteiger partial charge in [-0.05, 0) is 38.3 Å². The SMILES string of the molecule is CC(C)CCN1CCCC(N2CC(C#N)CC2=O)C1. The molecule has 0 saturated carbocycles. The molecule has 2 aliphatic rings. The van der Waals surface area contributed by atoms with Crippen LogP contribution in [-0.4, -0.2) is 47.9 Å². The minimum Gasteiger partial charge on any atom is -0.337 e. The van der Waals surface area contributed by atoms with E-state index in [1.54, 1.807) is 0 Å². The third-order valence-electron chi connectivity index (χ3n) is 4.29. The first-order valence-electron chi connectivity index (χ1n) is 7.51. The molecule has 0 radical (unpaired) electrons. The monoisotopic (exact) mass is 263 g/mol. The molecule has 2 unspecified atom stereocenters. The van der Waals surface area contributed by atoms with E-state index in [4.69, 9.17) is 5.26 Å². The van der Waals surface area contributed by atoms with Crippen LogP contribution in [0.25, 0.3) is 0 Å². The van der Waals surface area contributed by atoms with E-state index >= 15 is 0 Å². The number of hydrogen-bond donors (Lipinski definition) is 0. The van der Waals surface area contributed by atoms with Crippen LogP contribution in [0, 0.1) is 23.2 Å². The second-order valence-corrected chi connectivity index (χ2v) is 6.36. The fraction of sp³-hybridized carbons (Fsp3) is 0.867. The Morgan fingerprint density at radius 2 is 2.21 bits per heavy atom. The van der Waals surface area contributed by atoms with Crippen LogP contribution in [-0.2, 0) is 4.79 Å². The van der Waals surface area contributed by atoms with Crippen molar-refractivity contribution in [1.29, 1.82) is 5.26 Å². The molecule has 2 atom stereocenters. The van der Waals surface area contributed by atoms with Gasteiger partial charge in [-0.25, -0.2) is 0 Å². The normalized spacial score (nSPS) is 28.9. The zero-order valence-electron chi connectivity index (χ0n) is 12.1. The molecule has 4 nitrogen and oxygen atoms in total. The zero-order valence-corrected chi connectivity index (χ0v) is 12.1. The highest BCUT2D eigenvalue weighted by Gasteiger charge is 2.36. The Balaban J connectivity index is 1.87. The summed E-state index contributed by atoms with van der Waals surface area (Å²) in [5.41, 5.74) is 0. The molecular formula is C15H25N3O. The lowest BCUT2D eigenvalue weighted by Crippen LogP contribution is -2.48. The highest BCUT2D eigenvalue weighted by Crippen LogP contribution is 2.24. The number of carbonyl (C=O) groups is 1. The van der Waals surface area contributed by atoms with E-state index in [0.717, 1.165) is 32.0 Å². The first kappa shape index (κ1) is 14.3. The lowest BCUT2D eigenvalue weighted by atomic mass is 10.0. The third-order valence-corrected chi connectivity index (χ3v) is 4.29. The molecule has 106 valence electrons. The standard InChI is InChI=1S/C15H25N3O/c1-12(2)5-7-17-6-3-4-14(11-17)18-10-13(9-16)8-15(18)19/h12-14H,3-8,10-11H2,1-2H3. The van der Waals surface area contributed by atoms with E-state index in [2.05, 4.69) is 24.8 Å². The number of rotatable bonds is 4. The lowest BCUT2D eigenvalue weighted by molar-refractivity contribution is -0.130. The summed E-state index contributed by atoms with van der Waals surface area (Å²) < 4.78 is 0. The van der Waals surface area contributed by atoms with Crippen molar-refractivity contribution in [2.75, 3.05) is 26.2 Å². The number of carbonyl (C=O) groups excluding carboxylic acids is 1. The van der Waals surface area contributed by atoms with Crippen LogP contribution in [0.15, 0.2) is 0 Å². The second-order valence-electron chi connectivity index (χ2n) is 6.36. The molecule has 0 aliphatic carbocycles. The summed E-state index contributed by atoms with van der Waals surface area (Å²) in [5.74, 6) is 0.831. The van der Waals surface area contributed by atoms with Crippen molar-refractivity contribution in [3.63, 3.8) is 0 Å². The summed E-state index contributed by atoms with van der Waals surface area (Å²) in [5, 5.41) is 8.96. The van der Waals surface area contributed by atoms with E-state index in [0.29, 0.717) is 19.0 Å². The Labute approximate surface area is 116 Å². The Kier molecular flexibility index (Phi) is 4.81. The highest BCUT2D eigenvalue weighted by atomic mass is 16.2. The molecular weight excluding hydrogens is 238 g/mol. The predicted octanol–water partition coefficient (Wildman–Crippen LogP) is 1.87. The van der Waals surface area contributed by atoms with Gasteiger partial charge in [-0.1, -0.05) is 13.8 Å². The predicted molar refractivity (Wildman–Crippen MR) is 74.4 cm³/mol. The zero-order chi connectivity index (χ0) is 13.8. The minimum atomic E-state index is -0.0847. The van der Waals surface area contributed by atoms with Crippen LogP contribution in [0.4, 0.5) is 0 Å². The molecule has 0 aromatic carbocycles. The van der Waals surface area contributed by atoms with Crippen LogP contribution in [0.2, 0.25) is 0 Å². The van der Waals surface area contributed by atoms with Gasteiger partial charge < -0.3 is 9.80 Å². The molecule has 1 amide bonds. The molecule has 0 spiro atoms. The fourth-order valence-electron chi connectivity index (χ4n) is 3.10. The van der Waals surface area contributed by atoms with Gasteiger partial charge >= 0.3 is 0 Å². The summed E-state index contributed by atoms with van der Waals surface area (Å²) in [6, 6.07) is 2.58. The largest absolute Gasteiger partial charge is 0.337 e. The first-order chi connectivity index (χ1) is 9.10. The van der Waals surface area contributed by atoms with E-state index in [9.17, 15) is 4.79 Å². The van der Waals surface area contributed by atoms with E-state index in [1.165, 1.54) is 12.8 Å². The molecule has 2 rings (SSSR count). The van der Waals surface area contributed by atoms with Crippen molar-refractivity contribution < 1.29 is 4.79 Å². The molecule has 0 N–H and O–H groups in total. The average molecular weight is 263 g/mol. The van der Waals surface area contributed by atoms with Gasteiger partial charge in [0.15, 0.2) is 0 Å². The number of nitriles is 1. The van der Waals surface area contributed by atoms with E-state index in [1.807, 2.05) is 4.90 Å². The summed E-state index contributed by atoms with van der Waals surface area (Å²) in [6.07, 6.45) is 3.92. The minimum absolute atomic E-state index is 0.0847. The summed E-state index contributed by atoms with van der Waals surface area (Å²) in [7, 11) is 0. The molecule has 19 heavy (non-hydrogen) atoms. The van der Waals surface area contributed by atoms with Crippen LogP contribution >= 0.6 is 0 Å². The van der Waals surface area contributed by atoms with Gasteiger partial charge in [-0.3, -0.25) is 4.79 Å². The molecule has 0 aromatic rings. The summed E-state index contributed by atoms with van der Waals surface area (Å²) in [6.45, 7) is 8.45. The van der Waals surface area contributed by atoms with Crippen molar-refractivity contribution in [3.05, 3.63) is 0 Å². The second kappa shape index (κ2) is 6.38. The van der Waals surface area contributed by atoms with Gasteiger partial charge in [0, 0.05) is 25.6 Å². The fourth-order valence-corrected chi connectivity index (χ4v) is 3.10. The average Bonchev–Trinajstić information content (AvgIpc) is 2.78. The Bertz CT molecular complexity index is 361. The molecule has 2 fully saturated rings. The number of hydrogen-bond acceptors (Lipinski definition) is 3. The summed E-state index contributed by atoms with van der Waals surface area (Å²) >= 11 is 0. The molecule has 2 heterocycles. The van der Waals surface area contributed by atoms with E-state index in [-0.39, 0.29) is 11.8 Å². The molecule has 0 aromatic heterocycles. The Morgan fingerprint density at radius 1 is 1.42 bits per heavy atom. The maximum Gasteiger partial charge on any atom is 0.224 e. The van der Waals surface area contributed by atoms with Gasteiger partial charge in [0.2, 0.25) is 5.91 Å². The van der Waals surface area contributed by atoms with Gasteiger partial charge in [0.25, 0.3) is 0 Å². The van der Waals surface area contributed by atoms with Gasteiger partial charge in [0.1, 0.15) is 0 Å². The maximum absolute atomic E-state index is 12.0. The first-order valence-corrected chi connectivity index (χ1v) is 7.51. The van der Waals surface area contributed by atoms with Crippen molar-refractivity contribution in [3.8, 4) is 6.07 Å². The highest BCUT2D eigenvalue weighted by molar-refractivity contribution is 5.79. The van der Waals surface area contributed by atoms with Crippen LogP contribution in [0.3, 0.4) is 0 Å². The maximum atomic E-state index is 12.0. The molecule has 0 bridgehead atoms. The van der Waals surface area contributed by atoms with Crippen LogP contribution in [0.5, 0.6) is 0 Å². The summed E-state index contributed by atoms with van der Waals surface area (Å²) in [4.78, 5) is 16.4. The van der Waals surface area contributed by atoms with Crippen LogP contribution in [0.1, 0.15) is 39.5 Å². The quantitative estimate of drug-likeness (QED) is 0.778. The van der Waals surface area contributed by atoms with Gasteiger partial charge in [-0.15, -0.1) is 0 Å². The van der Waals surface area contributed by atoms with Gasteiger partial charge in [0.05, 0.1) is 12.0 Å². The topological polar surface area (TPSA) is 47.3 Å². The van der Waals surface area contributed by atoms with Crippen molar-refractivity contribution in [1.82, 2.24) is 9.80 Å². The van der Waals surface area contributed by atoms with Crippen LogP contribution < -0.4 is 0 Å². The van der Waals surface area contributed by atoms with Crippen molar-refractivity contribution in [2.45, 2.75) is 45.6 Å². The lowest BCUT2D eigenvalue weighted by Gasteiger charge is -2.37. The number of nitrogens with zero attached hydrogens (tertiary/aromatic N) is 3.